The average Bonchev–Trinajstić information content (AvgIpc) is 4.07. The van der Waals surface area contributed by atoms with Gasteiger partial charge in [-0.25, -0.2) is 9.97 Å². The zero-order valence-corrected chi connectivity index (χ0v) is 55.2. The lowest BCUT2D eigenvalue weighted by molar-refractivity contribution is -0.142. The van der Waals surface area contributed by atoms with Gasteiger partial charge in [0.15, 0.2) is 0 Å². The monoisotopic (exact) mass is 1300 g/mol. The summed E-state index contributed by atoms with van der Waals surface area (Å²) in [6.07, 6.45) is 23.7. The van der Waals surface area contributed by atoms with Crippen LogP contribution in [0.1, 0.15) is 105 Å². The maximum Gasteiger partial charge on any atom is 0.309 e. The highest BCUT2D eigenvalue weighted by Crippen LogP contribution is 2.43. The number of nitrogens with one attached hydrogen (secondary N) is 2. The van der Waals surface area contributed by atoms with Crippen molar-refractivity contribution in [3.05, 3.63) is 88.9 Å². The number of carbonyl (C=O) groups is 3. The number of piperidine rings is 3. The first kappa shape index (κ1) is 66.0. The van der Waals surface area contributed by atoms with Gasteiger partial charge in [0, 0.05) is 102 Å². The van der Waals surface area contributed by atoms with Gasteiger partial charge in [-0.2, -0.15) is 23.7 Å². The molecule has 8 aromatic rings. The van der Waals surface area contributed by atoms with Crippen molar-refractivity contribution >= 4 is 92.6 Å². The van der Waals surface area contributed by atoms with Gasteiger partial charge >= 0.3 is 11.9 Å². The maximum atomic E-state index is 12.4. The Kier molecular flexibility index (Phi) is 23.0. The van der Waals surface area contributed by atoms with Crippen LogP contribution in [0.5, 0.6) is 0 Å². The zero-order valence-electron chi connectivity index (χ0n) is 52.0. The molecule has 0 spiro atoms. The van der Waals surface area contributed by atoms with Crippen molar-refractivity contribution in [2.45, 2.75) is 101 Å². The van der Waals surface area contributed by atoms with E-state index in [1.165, 1.54) is 80.5 Å². The molecule has 0 bridgehead atoms. The minimum absolute atomic E-state index is 0.00201. The third-order valence-corrected chi connectivity index (χ3v) is 21.5. The summed E-state index contributed by atoms with van der Waals surface area (Å²) in [4.78, 5) is 47.1. The standard InChI is InChI=1S/C22H30N6OS.C16H21N3O2S.C11H15N3S.C7H12O5S.C6H11N3/c1-26-19-5-12-30-21(19)20(25-26)16-3-9-27(10-4-16)14-17-13-18(17)22(29)24-6-2-8-28-11-7-23-15-28;1-18-13-4-7-22-15(13)14(17-18)10-2-5-19(6-3-10)9-11-8-12(11)16(20)21;1-14-9-4-7-15-11(9)10(13-14)8-2-5-12-6-3-8;1-11-7(8)6-3-5(6)4-12-13(2,9)10;7-2-1-4-9-5-3-8-6-9/h5,7,11-12,15-18H,2-4,6,8-10,13-14H2,1H3,(H,24,29);4,7,10-12H,2-3,5-6,8-9H2,1H3,(H,20,21);4,7-8,12H,2-3,5-6H2,1H3;5-6H,3-4H2,1-2H3;3,5-6H,1-2,4,7H2/t17-,18+;11-,12+;;;/m00.../s1. The van der Waals surface area contributed by atoms with Gasteiger partial charge in [0.2, 0.25) is 5.91 Å². The second kappa shape index (κ2) is 30.9. The van der Waals surface area contributed by atoms with E-state index in [1.807, 2.05) is 85.7 Å². The second-order valence-electron chi connectivity index (χ2n) is 24.7. The van der Waals surface area contributed by atoms with Crippen LogP contribution in [0.2, 0.25) is 0 Å². The van der Waals surface area contributed by atoms with E-state index < -0.39 is 16.1 Å². The number of amides is 1. The molecule has 0 radical (unpaired) electrons. The molecule has 14 rings (SSSR count). The van der Waals surface area contributed by atoms with Gasteiger partial charge in [-0.05, 0) is 169 Å². The number of esters is 1. The molecular formula is C62H89N15O8S4. The molecule has 6 fully saturated rings. The molecule has 3 saturated heterocycles. The number of likely N-dealkylation sites (tertiary alicyclic amines) is 2. The van der Waals surface area contributed by atoms with E-state index in [9.17, 15) is 22.8 Å². The van der Waals surface area contributed by atoms with Crippen LogP contribution < -0.4 is 16.4 Å². The number of imidazole rings is 2. The highest BCUT2D eigenvalue weighted by atomic mass is 32.2. The van der Waals surface area contributed by atoms with E-state index in [4.69, 9.17) is 21.0 Å². The van der Waals surface area contributed by atoms with Crippen LogP contribution in [0.15, 0.2) is 71.8 Å². The van der Waals surface area contributed by atoms with Crippen LogP contribution in [-0.2, 0) is 67.7 Å². The fraction of sp³-hybridized carbons (Fsp3) is 0.613. The number of carboxylic acid groups (broad SMARTS) is 1. The minimum atomic E-state index is -3.39. The van der Waals surface area contributed by atoms with Crippen LogP contribution in [0, 0.1) is 35.5 Å². The number of nitrogens with zero attached hydrogens (tertiary/aromatic N) is 12. The number of aliphatic carboxylic acids is 1. The molecule has 3 aliphatic heterocycles. The van der Waals surface area contributed by atoms with E-state index in [2.05, 4.69) is 78.8 Å². The molecule has 27 heteroatoms. The van der Waals surface area contributed by atoms with Gasteiger partial charge in [0.25, 0.3) is 10.1 Å². The number of fused-ring (bicyclic) bond motifs is 3. The molecule has 2 unspecified atom stereocenters. The molecular weight excluding hydrogens is 1210 g/mol. The number of methoxy groups -OCH3 is 1. The van der Waals surface area contributed by atoms with Crippen molar-refractivity contribution < 1.29 is 36.8 Å². The molecule has 11 heterocycles. The number of aryl methyl sites for hydroxylation is 5. The van der Waals surface area contributed by atoms with E-state index >= 15 is 0 Å². The molecule has 8 aromatic heterocycles. The van der Waals surface area contributed by atoms with Crippen LogP contribution in [-0.4, -0.2) is 175 Å². The summed E-state index contributed by atoms with van der Waals surface area (Å²) < 4.78 is 44.4. The molecule has 23 nitrogen and oxygen atoms in total. The van der Waals surface area contributed by atoms with E-state index in [1.54, 1.807) is 30.1 Å². The van der Waals surface area contributed by atoms with Gasteiger partial charge in [-0.15, -0.1) is 34.0 Å². The lowest BCUT2D eigenvalue weighted by Crippen LogP contribution is -2.35. The summed E-state index contributed by atoms with van der Waals surface area (Å²) in [6, 6.07) is 6.48. The molecule has 5 N–H and O–H groups in total. The first-order chi connectivity index (χ1) is 43.0. The van der Waals surface area contributed by atoms with Crippen LogP contribution in [0.25, 0.3) is 30.6 Å². The molecule has 3 aliphatic carbocycles. The summed E-state index contributed by atoms with van der Waals surface area (Å²) in [5.41, 5.74) is 13.0. The number of carbonyl (C=O) groups excluding carboxylic acids is 2. The van der Waals surface area contributed by atoms with E-state index in [-0.39, 0.29) is 42.2 Å². The van der Waals surface area contributed by atoms with Crippen molar-refractivity contribution in [3.8, 4) is 0 Å². The summed E-state index contributed by atoms with van der Waals surface area (Å²) >= 11 is 5.43. The SMILES string of the molecule is COC(=O)C1CC1COS(C)(=O)=O.Cn1nc(C2CCN(C[C@@H]3C[C@H]3C(=O)NCCCn3ccnc3)CC2)c2sccc21.Cn1nc(C2CCN(C[C@@H]3C[C@H]3C(=O)O)CC2)c2sccc21.Cn1nc(C2CCNCC2)c2sccc21.NCCCn1ccnc1. The number of thiophene rings is 3. The first-order valence-electron chi connectivity index (χ1n) is 31.5. The van der Waals surface area contributed by atoms with Gasteiger partial charge in [0.1, 0.15) is 0 Å². The third-order valence-electron chi connectivity index (χ3n) is 18.2. The van der Waals surface area contributed by atoms with Crippen molar-refractivity contribution in [2.24, 2.45) is 62.4 Å². The lowest BCUT2D eigenvalue weighted by atomic mass is 9.93. The van der Waals surface area contributed by atoms with E-state index in [0.29, 0.717) is 36.0 Å². The normalized spacial score (nSPS) is 22.3. The molecule has 1 amide bonds. The number of aromatic nitrogens is 10. The molecule has 6 atom stereocenters. The van der Waals surface area contributed by atoms with Crippen molar-refractivity contribution in [1.82, 2.24) is 68.9 Å². The Bertz CT molecular complexity index is 3620. The smallest absolute Gasteiger partial charge is 0.309 e. The number of hydrogen-bond donors (Lipinski definition) is 4. The highest BCUT2D eigenvalue weighted by Gasteiger charge is 2.46. The highest BCUT2D eigenvalue weighted by molar-refractivity contribution is 7.86. The Morgan fingerprint density at radius 3 is 1.54 bits per heavy atom. The minimum Gasteiger partial charge on any atom is -0.481 e. The van der Waals surface area contributed by atoms with Gasteiger partial charge in [0.05, 0.1) is 92.2 Å². The number of nitrogens with two attached hydrogens (primary N) is 1. The Morgan fingerprint density at radius 1 is 0.663 bits per heavy atom. The molecule has 6 aliphatic rings. The predicted octanol–water partition coefficient (Wildman–Crippen LogP) is 7.49. The average molecular weight is 1300 g/mol. The quantitative estimate of drug-likeness (QED) is 0.0327. The fourth-order valence-corrected chi connectivity index (χ4v) is 16.1. The molecule has 484 valence electrons. The van der Waals surface area contributed by atoms with Gasteiger partial charge in [-0.1, -0.05) is 0 Å². The Morgan fingerprint density at radius 2 is 1.11 bits per heavy atom. The summed E-state index contributed by atoms with van der Waals surface area (Å²) in [5.74, 6) is 2.00. The fourth-order valence-electron chi connectivity index (χ4n) is 12.7. The Hall–Kier alpha value is -5.91. The van der Waals surface area contributed by atoms with Gasteiger partial charge in [-0.3, -0.25) is 32.6 Å². The molecule has 89 heavy (non-hydrogen) atoms. The number of ether oxygens (including phenoxy) is 1. The summed E-state index contributed by atoms with van der Waals surface area (Å²) in [6.45, 7) is 12.1. The van der Waals surface area contributed by atoms with Crippen LogP contribution in [0.4, 0.5) is 0 Å². The van der Waals surface area contributed by atoms with Crippen molar-refractivity contribution in [2.75, 3.05) is 85.4 Å². The number of carboxylic acids is 1. The Labute approximate surface area is 533 Å². The maximum absolute atomic E-state index is 12.4. The first-order valence-corrected chi connectivity index (χ1v) is 35.9. The molecule has 0 aromatic carbocycles. The van der Waals surface area contributed by atoms with Crippen LogP contribution in [0.3, 0.4) is 0 Å². The lowest BCUT2D eigenvalue weighted by Gasteiger charge is -2.31. The van der Waals surface area contributed by atoms with E-state index in [0.717, 1.165) is 123 Å². The largest absolute Gasteiger partial charge is 0.481 e. The third kappa shape index (κ3) is 18.0. The number of rotatable bonds is 20. The topological polar surface area (TPSA) is 270 Å². The number of hydrogen-bond acceptors (Lipinski definition) is 19. The predicted molar refractivity (Wildman–Crippen MR) is 348 cm³/mol. The Balaban J connectivity index is 0.000000130. The van der Waals surface area contributed by atoms with Crippen molar-refractivity contribution in [3.63, 3.8) is 0 Å². The van der Waals surface area contributed by atoms with Gasteiger partial charge < -0.3 is 45.1 Å². The zero-order chi connectivity index (χ0) is 62.6. The second-order valence-corrected chi connectivity index (χ2v) is 29.0. The molecule has 3 saturated carbocycles. The van der Waals surface area contributed by atoms with Crippen molar-refractivity contribution in [1.29, 1.82) is 0 Å². The summed E-state index contributed by atoms with van der Waals surface area (Å²) in [7, 11) is 4.03. The van der Waals surface area contributed by atoms with Crippen LogP contribution >= 0.6 is 34.0 Å². The summed E-state index contributed by atoms with van der Waals surface area (Å²) in [5, 5.41) is 36.2.